The first-order chi connectivity index (χ1) is 7.38. The minimum Gasteiger partial charge on any atom is -0.358 e. The zero-order valence-electron chi connectivity index (χ0n) is 9.27. The number of hydrogen-bond donors (Lipinski definition) is 1. The van der Waals surface area contributed by atoms with Gasteiger partial charge in [-0.1, -0.05) is 13.0 Å². The number of benzene rings is 1. The van der Waals surface area contributed by atoms with Gasteiger partial charge in [0, 0.05) is 16.6 Å². The molecule has 0 aliphatic heterocycles. The van der Waals surface area contributed by atoms with Gasteiger partial charge in [0.2, 0.25) is 0 Å². The highest BCUT2D eigenvalue weighted by Gasteiger charge is 2.14. The van der Waals surface area contributed by atoms with Gasteiger partial charge in [0.15, 0.2) is 0 Å². The van der Waals surface area contributed by atoms with Crippen molar-refractivity contribution in [3.8, 4) is 0 Å². The van der Waals surface area contributed by atoms with Crippen LogP contribution in [0.5, 0.6) is 0 Å². The van der Waals surface area contributed by atoms with Crippen molar-refractivity contribution in [1.29, 1.82) is 0 Å². The van der Waals surface area contributed by atoms with E-state index in [-0.39, 0.29) is 0 Å². The number of H-pyrrole nitrogens is 1. The number of nitrogens with one attached hydrogen (secondary N) is 1. The fraction of sp³-hybridized carbons (Fsp3) is 0.429. The largest absolute Gasteiger partial charge is 0.358 e. The fourth-order valence-corrected chi connectivity index (χ4v) is 2.67. The standard InChI is InChI=1S/C14H17N/c1-2-10-7-8-14-12(9-10)11-5-3-4-6-13(11)15-14/h7-9,15H,2-6H2,1H3. The van der Waals surface area contributed by atoms with Crippen LogP contribution in [0.4, 0.5) is 0 Å². The molecule has 1 aromatic heterocycles. The Morgan fingerprint density at radius 1 is 1.20 bits per heavy atom. The lowest BCUT2D eigenvalue weighted by atomic mass is 9.95. The normalized spacial score (nSPS) is 15.5. The van der Waals surface area contributed by atoms with E-state index >= 15 is 0 Å². The molecular formula is C14H17N. The van der Waals surface area contributed by atoms with Gasteiger partial charge in [-0.25, -0.2) is 0 Å². The van der Waals surface area contributed by atoms with Crippen molar-refractivity contribution in [1.82, 2.24) is 4.98 Å². The Labute approximate surface area is 90.5 Å². The number of aromatic nitrogens is 1. The molecule has 0 atom stereocenters. The second-order valence-corrected chi connectivity index (χ2v) is 4.52. The van der Waals surface area contributed by atoms with Gasteiger partial charge in [-0.2, -0.15) is 0 Å². The summed E-state index contributed by atoms with van der Waals surface area (Å²) in [5, 5.41) is 1.48. The van der Waals surface area contributed by atoms with Gasteiger partial charge in [0.05, 0.1) is 0 Å². The Kier molecular flexibility index (Phi) is 2.05. The quantitative estimate of drug-likeness (QED) is 0.722. The number of hydrogen-bond acceptors (Lipinski definition) is 0. The summed E-state index contributed by atoms with van der Waals surface area (Å²) in [7, 11) is 0. The maximum Gasteiger partial charge on any atom is 0.0459 e. The molecule has 0 saturated heterocycles. The van der Waals surface area contributed by atoms with Crippen LogP contribution in [0, 0.1) is 0 Å². The summed E-state index contributed by atoms with van der Waals surface area (Å²) in [6, 6.07) is 6.85. The van der Waals surface area contributed by atoms with Gasteiger partial charge in [0.25, 0.3) is 0 Å². The van der Waals surface area contributed by atoms with Crippen LogP contribution in [-0.2, 0) is 19.3 Å². The Morgan fingerprint density at radius 2 is 2.07 bits per heavy atom. The first kappa shape index (κ1) is 9.02. The molecule has 0 amide bonds. The molecule has 1 aromatic carbocycles. The summed E-state index contributed by atoms with van der Waals surface area (Å²) >= 11 is 0. The van der Waals surface area contributed by atoms with Gasteiger partial charge in [-0.15, -0.1) is 0 Å². The van der Waals surface area contributed by atoms with Gasteiger partial charge >= 0.3 is 0 Å². The minimum absolute atomic E-state index is 1.13. The van der Waals surface area contributed by atoms with E-state index in [2.05, 4.69) is 30.1 Å². The van der Waals surface area contributed by atoms with E-state index in [9.17, 15) is 0 Å². The summed E-state index contributed by atoms with van der Waals surface area (Å²) in [5.74, 6) is 0. The number of aryl methyl sites for hydroxylation is 3. The molecule has 0 fully saturated rings. The van der Waals surface area contributed by atoms with Crippen molar-refractivity contribution in [3.63, 3.8) is 0 Å². The van der Waals surface area contributed by atoms with Crippen molar-refractivity contribution < 1.29 is 0 Å². The van der Waals surface area contributed by atoms with Crippen LogP contribution in [0.1, 0.15) is 36.6 Å². The zero-order valence-corrected chi connectivity index (χ0v) is 9.27. The smallest absolute Gasteiger partial charge is 0.0459 e. The van der Waals surface area contributed by atoms with Crippen molar-refractivity contribution in [2.45, 2.75) is 39.0 Å². The van der Waals surface area contributed by atoms with E-state index in [1.54, 1.807) is 5.56 Å². The molecule has 1 N–H and O–H groups in total. The second-order valence-electron chi connectivity index (χ2n) is 4.52. The van der Waals surface area contributed by atoms with Gasteiger partial charge in [-0.3, -0.25) is 0 Å². The third-order valence-electron chi connectivity index (χ3n) is 3.57. The van der Waals surface area contributed by atoms with E-state index in [1.807, 2.05) is 0 Å². The lowest BCUT2D eigenvalue weighted by Crippen LogP contribution is -1.99. The Hall–Kier alpha value is -1.24. The number of aromatic amines is 1. The fourth-order valence-electron chi connectivity index (χ4n) is 2.67. The first-order valence-corrected chi connectivity index (χ1v) is 6.01. The summed E-state index contributed by atoms with van der Waals surface area (Å²) in [6.07, 6.45) is 6.35. The SMILES string of the molecule is CCc1ccc2[nH]c3c(c2c1)CCCC3. The molecule has 1 nitrogen and oxygen atoms in total. The third kappa shape index (κ3) is 1.38. The lowest BCUT2D eigenvalue weighted by molar-refractivity contribution is 0.680. The highest BCUT2D eigenvalue weighted by molar-refractivity contribution is 5.85. The molecule has 0 saturated carbocycles. The predicted octanol–water partition coefficient (Wildman–Crippen LogP) is 3.61. The van der Waals surface area contributed by atoms with Gasteiger partial charge < -0.3 is 4.98 Å². The summed E-state index contributed by atoms with van der Waals surface area (Å²) in [4.78, 5) is 3.57. The Bertz CT molecular complexity index is 493. The molecular weight excluding hydrogens is 182 g/mol. The number of fused-ring (bicyclic) bond motifs is 3. The Morgan fingerprint density at radius 3 is 2.93 bits per heavy atom. The maximum absolute atomic E-state index is 3.57. The van der Waals surface area contributed by atoms with E-state index in [4.69, 9.17) is 0 Å². The first-order valence-electron chi connectivity index (χ1n) is 6.01. The predicted molar refractivity (Wildman–Crippen MR) is 64.3 cm³/mol. The molecule has 3 rings (SSSR count). The average molecular weight is 199 g/mol. The molecule has 2 aromatic rings. The van der Waals surface area contributed by atoms with E-state index in [1.165, 1.54) is 47.8 Å². The van der Waals surface area contributed by atoms with Gasteiger partial charge in [-0.05, 0) is 55.4 Å². The molecule has 0 bridgehead atoms. The zero-order chi connectivity index (χ0) is 10.3. The van der Waals surface area contributed by atoms with Gasteiger partial charge in [0.1, 0.15) is 0 Å². The summed E-state index contributed by atoms with van der Waals surface area (Å²) in [5.41, 5.74) is 5.87. The molecule has 15 heavy (non-hydrogen) atoms. The Balaban J connectivity index is 2.24. The summed E-state index contributed by atoms with van der Waals surface area (Å²) in [6.45, 7) is 2.22. The maximum atomic E-state index is 3.57. The molecule has 78 valence electrons. The molecule has 0 radical (unpaired) electrons. The van der Waals surface area contributed by atoms with Crippen LogP contribution in [0.2, 0.25) is 0 Å². The van der Waals surface area contributed by atoms with E-state index < -0.39 is 0 Å². The lowest BCUT2D eigenvalue weighted by Gasteiger charge is -2.10. The van der Waals surface area contributed by atoms with Crippen LogP contribution < -0.4 is 0 Å². The second kappa shape index (κ2) is 3.41. The van der Waals surface area contributed by atoms with Crippen LogP contribution in [0.25, 0.3) is 10.9 Å². The highest BCUT2D eigenvalue weighted by atomic mass is 14.7. The molecule has 1 heterocycles. The average Bonchev–Trinajstić information content (AvgIpc) is 2.66. The van der Waals surface area contributed by atoms with E-state index in [0.717, 1.165) is 6.42 Å². The highest BCUT2D eigenvalue weighted by Crippen LogP contribution is 2.29. The monoisotopic (exact) mass is 199 g/mol. The summed E-state index contributed by atoms with van der Waals surface area (Å²) < 4.78 is 0. The molecule has 1 heteroatoms. The van der Waals surface area contributed by atoms with Crippen molar-refractivity contribution in [2.75, 3.05) is 0 Å². The molecule has 1 aliphatic rings. The van der Waals surface area contributed by atoms with Crippen LogP contribution in [0.3, 0.4) is 0 Å². The van der Waals surface area contributed by atoms with Crippen LogP contribution in [-0.4, -0.2) is 4.98 Å². The number of rotatable bonds is 1. The van der Waals surface area contributed by atoms with E-state index in [0.29, 0.717) is 0 Å². The molecule has 1 aliphatic carbocycles. The minimum atomic E-state index is 1.13. The third-order valence-corrected chi connectivity index (χ3v) is 3.57. The van der Waals surface area contributed by atoms with Crippen molar-refractivity contribution in [3.05, 3.63) is 35.0 Å². The molecule has 0 spiro atoms. The molecule has 0 unspecified atom stereocenters. The van der Waals surface area contributed by atoms with Crippen LogP contribution >= 0.6 is 0 Å². The topological polar surface area (TPSA) is 15.8 Å². The van der Waals surface area contributed by atoms with Crippen LogP contribution in [0.15, 0.2) is 18.2 Å². The van der Waals surface area contributed by atoms with Crippen molar-refractivity contribution in [2.24, 2.45) is 0 Å². The van der Waals surface area contributed by atoms with Crippen molar-refractivity contribution >= 4 is 10.9 Å².